The Balaban J connectivity index is 1.72. The van der Waals surface area contributed by atoms with Gasteiger partial charge in [-0.3, -0.25) is 4.90 Å². The standard InChI is InChI=1S/C12H15NO2/c1-3-11(14)5-7-4-8-10-12(8,15-10)9(6-11)13(7)2/h1,7-10,14H,4-6H2,2H3. The molecule has 1 spiro atoms. The Kier molecular flexibility index (Phi) is 1.20. The molecule has 3 nitrogen and oxygen atoms in total. The van der Waals surface area contributed by atoms with Crippen molar-refractivity contribution in [2.45, 2.75) is 48.7 Å². The molecular formula is C12H15NO2. The fourth-order valence-corrected chi connectivity index (χ4v) is 4.00. The molecular weight excluding hydrogens is 190 g/mol. The van der Waals surface area contributed by atoms with Crippen LogP contribution < -0.4 is 0 Å². The Morgan fingerprint density at radius 3 is 3.00 bits per heavy atom. The normalized spacial score (nSPS) is 65.1. The third-order valence-electron chi connectivity index (χ3n) is 5.04. The second-order valence-electron chi connectivity index (χ2n) is 5.65. The molecule has 0 amide bonds. The van der Waals surface area contributed by atoms with Crippen molar-refractivity contribution in [3.8, 4) is 12.3 Å². The number of aliphatic hydroxyl groups is 1. The van der Waals surface area contributed by atoms with Gasteiger partial charge < -0.3 is 9.84 Å². The first-order valence-corrected chi connectivity index (χ1v) is 5.71. The van der Waals surface area contributed by atoms with Crippen LogP contribution in [0.15, 0.2) is 0 Å². The minimum atomic E-state index is -0.888. The van der Waals surface area contributed by atoms with Crippen LogP contribution >= 0.6 is 0 Å². The minimum Gasteiger partial charge on any atom is -0.377 e. The van der Waals surface area contributed by atoms with E-state index in [-0.39, 0.29) is 5.60 Å². The lowest BCUT2D eigenvalue weighted by molar-refractivity contribution is -0.0923. The van der Waals surface area contributed by atoms with Gasteiger partial charge in [-0.1, -0.05) is 5.92 Å². The third kappa shape index (κ3) is 0.782. The van der Waals surface area contributed by atoms with Crippen molar-refractivity contribution in [3.05, 3.63) is 0 Å². The summed E-state index contributed by atoms with van der Waals surface area (Å²) in [7, 11) is 2.15. The molecule has 1 aliphatic carbocycles. The first kappa shape index (κ1) is 8.58. The molecule has 4 aliphatic rings. The maximum absolute atomic E-state index is 10.3. The van der Waals surface area contributed by atoms with Crippen LogP contribution in [0.4, 0.5) is 0 Å². The number of epoxide rings is 1. The summed E-state index contributed by atoms with van der Waals surface area (Å²) in [5, 5.41) is 10.3. The van der Waals surface area contributed by atoms with Gasteiger partial charge in [0, 0.05) is 30.8 Å². The molecule has 3 saturated heterocycles. The second kappa shape index (κ2) is 2.10. The van der Waals surface area contributed by atoms with E-state index in [0.717, 1.165) is 18.8 Å². The van der Waals surface area contributed by atoms with E-state index in [1.165, 1.54) is 0 Å². The van der Waals surface area contributed by atoms with Crippen molar-refractivity contribution in [1.82, 2.24) is 4.90 Å². The molecule has 2 bridgehead atoms. The summed E-state index contributed by atoms with van der Waals surface area (Å²) in [5.41, 5.74) is -0.781. The minimum absolute atomic E-state index is 0.108. The van der Waals surface area contributed by atoms with Gasteiger partial charge in [-0.15, -0.1) is 6.42 Å². The molecule has 0 aromatic heterocycles. The number of piperidine rings is 2. The topological polar surface area (TPSA) is 36.0 Å². The van der Waals surface area contributed by atoms with Gasteiger partial charge >= 0.3 is 0 Å². The van der Waals surface area contributed by atoms with Gasteiger partial charge in [-0.2, -0.15) is 0 Å². The number of rotatable bonds is 0. The lowest BCUT2D eigenvalue weighted by Gasteiger charge is -2.50. The van der Waals surface area contributed by atoms with Crippen LogP contribution in [0.1, 0.15) is 19.3 Å². The van der Waals surface area contributed by atoms with Gasteiger partial charge in [0.1, 0.15) is 11.2 Å². The molecule has 0 aromatic carbocycles. The van der Waals surface area contributed by atoms with Crippen molar-refractivity contribution in [2.75, 3.05) is 7.05 Å². The SMILES string of the molecule is C#CC1(O)CC2CC3C4OC34C(C1)N2C. The molecule has 4 rings (SSSR count). The van der Waals surface area contributed by atoms with E-state index in [4.69, 9.17) is 11.2 Å². The molecule has 80 valence electrons. The number of likely N-dealkylation sites (N-methyl/N-ethyl adjacent to an activating group) is 1. The van der Waals surface area contributed by atoms with E-state index in [0.29, 0.717) is 24.6 Å². The Hall–Kier alpha value is -0.560. The summed E-state index contributed by atoms with van der Waals surface area (Å²) in [6, 6.07) is 0.804. The zero-order chi connectivity index (χ0) is 10.4. The monoisotopic (exact) mass is 205 g/mol. The van der Waals surface area contributed by atoms with Crippen LogP contribution in [0.3, 0.4) is 0 Å². The molecule has 15 heavy (non-hydrogen) atoms. The molecule has 0 radical (unpaired) electrons. The summed E-state index contributed by atoms with van der Waals surface area (Å²) in [4.78, 5) is 2.38. The van der Waals surface area contributed by atoms with Gasteiger partial charge in [0.2, 0.25) is 0 Å². The van der Waals surface area contributed by atoms with E-state index in [9.17, 15) is 5.11 Å². The highest BCUT2D eigenvalue weighted by Crippen LogP contribution is 2.74. The Morgan fingerprint density at radius 1 is 1.53 bits per heavy atom. The summed E-state index contributed by atoms with van der Waals surface area (Å²) in [6.45, 7) is 0. The molecule has 1 saturated carbocycles. The zero-order valence-electron chi connectivity index (χ0n) is 8.81. The molecule has 0 aromatic rings. The fourth-order valence-electron chi connectivity index (χ4n) is 4.00. The quantitative estimate of drug-likeness (QED) is 0.446. The van der Waals surface area contributed by atoms with Crippen molar-refractivity contribution >= 4 is 0 Å². The van der Waals surface area contributed by atoms with Crippen LogP contribution in [0.5, 0.6) is 0 Å². The summed E-state index contributed by atoms with van der Waals surface area (Å²) in [5.74, 6) is 3.35. The number of terminal acetylenes is 1. The molecule has 6 atom stereocenters. The van der Waals surface area contributed by atoms with Crippen LogP contribution in [0.2, 0.25) is 0 Å². The molecule has 4 fully saturated rings. The van der Waals surface area contributed by atoms with E-state index in [1.54, 1.807) is 0 Å². The fraction of sp³-hybridized carbons (Fsp3) is 0.833. The van der Waals surface area contributed by atoms with Crippen molar-refractivity contribution < 1.29 is 9.84 Å². The van der Waals surface area contributed by atoms with Crippen LogP contribution in [0, 0.1) is 18.3 Å². The maximum atomic E-state index is 10.3. The predicted molar refractivity (Wildman–Crippen MR) is 54.1 cm³/mol. The van der Waals surface area contributed by atoms with Gasteiger partial charge in [-0.25, -0.2) is 0 Å². The predicted octanol–water partition coefficient (Wildman–Crippen LogP) is -0.0154. The third-order valence-corrected chi connectivity index (χ3v) is 5.04. The Morgan fingerprint density at radius 2 is 2.33 bits per heavy atom. The first-order valence-electron chi connectivity index (χ1n) is 5.71. The average molecular weight is 205 g/mol. The van der Waals surface area contributed by atoms with E-state index < -0.39 is 5.60 Å². The lowest BCUT2D eigenvalue weighted by atomic mass is 9.75. The highest BCUT2D eigenvalue weighted by Gasteiger charge is 2.88. The molecule has 3 aliphatic heterocycles. The number of nitrogens with zero attached hydrogens (tertiary/aromatic N) is 1. The molecule has 3 heteroatoms. The highest BCUT2D eigenvalue weighted by molar-refractivity contribution is 5.38. The molecule has 1 N–H and O–H groups in total. The number of ether oxygens (including phenoxy) is 1. The number of fused-ring (bicyclic) bond motifs is 3. The van der Waals surface area contributed by atoms with Crippen LogP contribution in [-0.2, 0) is 4.74 Å². The Bertz CT molecular complexity index is 390. The summed E-state index contributed by atoms with van der Waals surface area (Å²) >= 11 is 0. The van der Waals surface area contributed by atoms with E-state index in [2.05, 4.69) is 17.9 Å². The number of hydrogen-bond acceptors (Lipinski definition) is 3. The van der Waals surface area contributed by atoms with Crippen molar-refractivity contribution in [3.63, 3.8) is 0 Å². The smallest absolute Gasteiger partial charge is 0.128 e. The highest BCUT2D eigenvalue weighted by atomic mass is 16.7. The van der Waals surface area contributed by atoms with Crippen LogP contribution in [0.25, 0.3) is 0 Å². The summed E-state index contributed by atoms with van der Waals surface area (Å²) < 4.78 is 5.67. The molecule has 6 unspecified atom stereocenters. The lowest BCUT2D eigenvalue weighted by Crippen LogP contribution is -2.60. The van der Waals surface area contributed by atoms with Gasteiger partial charge in [-0.05, 0) is 13.5 Å². The second-order valence-corrected chi connectivity index (χ2v) is 5.65. The first-order chi connectivity index (χ1) is 7.11. The van der Waals surface area contributed by atoms with Crippen LogP contribution in [-0.4, -0.2) is 46.4 Å². The van der Waals surface area contributed by atoms with Crippen molar-refractivity contribution in [1.29, 1.82) is 0 Å². The largest absolute Gasteiger partial charge is 0.377 e. The van der Waals surface area contributed by atoms with Gasteiger partial charge in [0.05, 0.1) is 6.10 Å². The van der Waals surface area contributed by atoms with Gasteiger partial charge in [0.25, 0.3) is 0 Å². The average Bonchev–Trinajstić information content (AvgIpc) is 3.05. The summed E-state index contributed by atoms with van der Waals surface area (Å²) in [6.07, 6.45) is 8.51. The van der Waals surface area contributed by atoms with Gasteiger partial charge in [0.15, 0.2) is 0 Å². The Labute approximate surface area is 89.4 Å². The van der Waals surface area contributed by atoms with E-state index >= 15 is 0 Å². The zero-order valence-corrected chi connectivity index (χ0v) is 8.81. The number of hydrogen-bond donors (Lipinski definition) is 1. The van der Waals surface area contributed by atoms with E-state index in [1.807, 2.05) is 0 Å². The van der Waals surface area contributed by atoms with Crippen molar-refractivity contribution in [2.24, 2.45) is 5.92 Å². The maximum Gasteiger partial charge on any atom is 0.128 e. The molecule has 3 heterocycles.